The topological polar surface area (TPSA) is 98.5 Å². The van der Waals surface area contributed by atoms with Gasteiger partial charge in [0, 0.05) is 41.4 Å². The highest BCUT2D eigenvalue weighted by molar-refractivity contribution is 6.03. The number of carbonyl (C=O) groups is 2. The Kier molecular flexibility index (Phi) is 5.70. The molecule has 1 N–H and O–H groups in total. The molecule has 1 saturated carbocycles. The van der Waals surface area contributed by atoms with E-state index in [1.54, 1.807) is 12.1 Å². The Bertz CT molecular complexity index is 956. The Morgan fingerprint density at radius 3 is 2.67 bits per heavy atom. The number of ketones is 1. The second-order valence-electron chi connectivity index (χ2n) is 8.28. The molecule has 1 atom stereocenters. The van der Waals surface area contributed by atoms with E-state index in [0.717, 1.165) is 50.6 Å². The summed E-state index contributed by atoms with van der Waals surface area (Å²) in [5.74, 6) is -1.10. The first-order chi connectivity index (χ1) is 14.5. The van der Waals surface area contributed by atoms with Gasteiger partial charge in [-0.3, -0.25) is 14.9 Å². The molecule has 2 aliphatic carbocycles. The van der Waals surface area contributed by atoms with E-state index in [0.29, 0.717) is 28.8 Å². The van der Waals surface area contributed by atoms with Crippen molar-refractivity contribution in [3.8, 4) is 0 Å². The molecule has 7 nitrogen and oxygen atoms in total. The molecule has 7 heteroatoms. The van der Waals surface area contributed by atoms with Crippen molar-refractivity contribution in [2.45, 2.75) is 70.3 Å². The van der Waals surface area contributed by atoms with Gasteiger partial charge in [0.2, 0.25) is 0 Å². The number of nitro groups is 1. The van der Waals surface area contributed by atoms with Crippen LogP contribution in [0.15, 0.2) is 46.8 Å². The minimum Gasteiger partial charge on any atom is -0.459 e. The van der Waals surface area contributed by atoms with Gasteiger partial charge in [-0.15, -0.1) is 0 Å². The van der Waals surface area contributed by atoms with Gasteiger partial charge in [-0.1, -0.05) is 18.6 Å². The van der Waals surface area contributed by atoms with Crippen LogP contribution in [0.1, 0.15) is 69.8 Å². The summed E-state index contributed by atoms with van der Waals surface area (Å²) in [6, 6.07) is 6.22. The fraction of sp³-hybridized carbons (Fsp3) is 0.478. The summed E-state index contributed by atoms with van der Waals surface area (Å²) in [6.07, 6.45) is 6.69. The van der Waals surface area contributed by atoms with Gasteiger partial charge in [0.05, 0.1) is 10.5 Å². The van der Waals surface area contributed by atoms with Gasteiger partial charge in [0.15, 0.2) is 5.78 Å². The number of ether oxygens (including phenoxy) is 1. The fourth-order valence-electron chi connectivity index (χ4n) is 4.80. The number of non-ortho nitro benzene ring substituents is 1. The van der Waals surface area contributed by atoms with Crippen LogP contribution in [0, 0.1) is 10.1 Å². The van der Waals surface area contributed by atoms with Gasteiger partial charge in [0.1, 0.15) is 6.10 Å². The first kappa shape index (κ1) is 20.3. The monoisotopic (exact) mass is 410 g/mol. The number of nitrogens with one attached hydrogen (secondary N) is 1. The van der Waals surface area contributed by atoms with Gasteiger partial charge in [0.25, 0.3) is 5.69 Å². The lowest BCUT2D eigenvalue weighted by Crippen LogP contribution is -2.35. The minimum absolute atomic E-state index is 0.0178. The summed E-state index contributed by atoms with van der Waals surface area (Å²) in [5, 5.41) is 14.6. The molecule has 0 spiro atoms. The van der Waals surface area contributed by atoms with Crippen molar-refractivity contribution in [1.82, 2.24) is 5.32 Å². The third-order valence-corrected chi connectivity index (χ3v) is 6.24. The Labute approximate surface area is 175 Å². The number of esters is 1. The molecule has 0 aromatic heterocycles. The second-order valence-corrected chi connectivity index (χ2v) is 8.28. The number of hydrogen-bond acceptors (Lipinski definition) is 6. The number of benzene rings is 1. The van der Waals surface area contributed by atoms with Gasteiger partial charge >= 0.3 is 5.97 Å². The zero-order chi connectivity index (χ0) is 21.3. The average Bonchev–Trinajstić information content (AvgIpc) is 2.73. The van der Waals surface area contributed by atoms with Crippen LogP contribution in [0.2, 0.25) is 0 Å². The molecule has 3 aliphatic rings. The number of nitrogens with zero attached hydrogens (tertiary/aromatic N) is 1. The number of nitro benzene ring substituents is 1. The van der Waals surface area contributed by atoms with Crippen LogP contribution >= 0.6 is 0 Å². The SMILES string of the molecule is CC1=C(C(=O)OC2CCCCC2)C(c2cccc([N+](=O)[O-])c2)C2=C(CCCC2=O)N1. The molecule has 0 radical (unpaired) electrons. The molecular formula is C23H26N2O5. The van der Waals surface area contributed by atoms with Crippen molar-refractivity contribution in [3.63, 3.8) is 0 Å². The van der Waals surface area contributed by atoms with E-state index in [-0.39, 0.29) is 17.6 Å². The molecule has 1 aliphatic heterocycles. The van der Waals surface area contributed by atoms with Crippen LogP contribution in [-0.2, 0) is 14.3 Å². The molecule has 0 amide bonds. The van der Waals surface area contributed by atoms with Crippen molar-refractivity contribution in [2.75, 3.05) is 0 Å². The van der Waals surface area contributed by atoms with Crippen LogP contribution in [0.5, 0.6) is 0 Å². The number of Topliss-reactive ketones (excluding diaryl/α,β-unsaturated/α-hetero) is 1. The van der Waals surface area contributed by atoms with E-state index < -0.39 is 16.8 Å². The largest absolute Gasteiger partial charge is 0.459 e. The lowest BCUT2D eigenvalue weighted by Gasteiger charge is -2.34. The first-order valence-electron chi connectivity index (χ1n) is 10.6. The number of allylic oxidation sites excluding steroid dienone is 3. The predicted molar refractivity (Wildman–Crippen MR) is 111 cm³/mol. The van der Waals surface area contributed by atoms with Crippen LogP contribution in [-0.4, -0.2) is 22.8 Å². The molecule has 158 valence electrons. The van der Waals surface area contributed by atoms with E-state index in [2.05, 4.69) is 5.32 Å². The minimum atomic E-state index is -0.648. The first-order valence-corrected chi connectivity index (χ1v) is 10.6. The maximum absolute atomic E-state index is 13.3. The molecule has 1 aromatic rings. The van der Waals surface area contributed by atoms with E-state index in [1.165, 1.54) is 12.1 Å². The van der Waals surface area contributed by atoms with Crippen molar-refractivity contribution in [3.05, 3.63) is 62.5 Å². The van der Waals surface area contributed by atoms with Crippen LogP contribution in [0.25, 0.3) is 0 Å². The summed E-state index contributed by atoms with van der Waals surface area (Å²) in [5.41, 5.74) is 2.91. The van der Waals surface area contributed by atoms with E-state index in [1.807, 2.05) is 6.92 Å². The van der Waals surface area contributed by atoms with E-state index >= 15 is 0 Å². The van der Waals surface area contributed by atoms with Gasteiger partial charge in [-0.2, -0.15) is 0 Å². The Hall–Kier alpha value is -2.96. The highest BCUT2D eigenvalue weighted by atomic mass is 16.6. The third-order valence-electron chi connectivity index (χ3n) is 6.24. The fourth-order valence-corrected chi connectivity index (χ4v) is 4.80. The summed E-state index contributed by atoms with van der Waals surface area (Å²) in [6.45, 7) is 1.81. The van der Waals surface area contributed by atoms with Gasteiger partial charge in [-0.25, -0.2) is 4.79 Å². The van der Waals surface area contributed by atoms with Crippen LogP contribution in [0.4, 0.5) is 5.69 Å². The van der Waals surface area contributed by atoms with Crippen molar-refractivity contribution < 1.29 is 19.2 Å². The summed E-state index contributed by atoms with van der Waals surface area (Å²) >= 11 is 0. The highest BCUT2D eigenvalue weighted by Gasteiger charge is 2.40. The molecule has 1 heterocycles. The number of dihydropyridines is 1. The number of carbonyl (C=O) groups excluding carboxylic acids is 2. The average molecular weight is 410 g/mol. The molecule has 30 heavy (non-hydrogen) atoms. The highest BCUT2D eigenvalue weighted by Crippen LogP contribution is 2.43. The van der Waals surface area contributed by atoms with Gasteiger partial charge in [-0.05, 0) is 51.0 Å². The normalized spacial score (nSPS) is 22.4. The van der Waals surface area contributed by atoms with Crippen molar-refractivity contribution >= 4 is 17.4 Å². The standard InChI is InChI=1S/C23H26N2O5/c1-14-20(23(27)30-17-9-3-2-4-10-17)21(15-7-5-8-16(13-15)25(28)29)22-18(24-14)11-6-12-19(22)26/h5,7-8,13,17,21,24H,2-4,6,9-12H2,1H3. The summed E-state index contributed by atoms with van der Waals surface area (Å²) in [4.78, 5) is 37.0. The predicted octanol–water partition coefficient (Wildman–Crippen LogP) is 4.44. The summed E-state index contributed by atoms with van der Waals surface area (Å²) < 4.78 is 5.84. The van der Waals surface area contributed by atoms with Crippen molar-refractivity contribution in [2.24, 2.45) is 0 Å². The molecule has 0 bridgehead atoms. The smallest absolute Gasteiger partial charge is 0.337 e. The quantitative estimate of drug-likeness (QED) is 0.448. The molecule has 1 fully saturated rings. The number of rotatable bonds is 4. The van der Waals surface area contributed by atoms with Crippen LogP contribution in [0.3, 0.4) is 0 Å². The summed E-state index contributed by atoms with van der Waals surface area (Å²) in [7, 11) is 0. The zero-order valence-electron chi connectivity index (χ0n) is 17.1. The maximum Gasteiger partial charge on any atom is 0.337 e. The van der Waals surface area contributed by atoms with E-state index in [9.17, 15) is 19.7 Å². The van der Waals surface area contributed by atoms with Crippen LogP contribution < -0.4 is 5.32 Å². The number of hydrogen-bond donors (Lipinski definition) is 1. The maximum atomic E-state index is 13.3. The molecule has 4 rings (SSSR count). The van der Waals surface area contributed by atoms with Crippen molar-refractivity contribution in [1.29, 1.82) is 0 Å². The Balaban J connectivity index is 1.76. The second kappa shape index (κ2) is 8.42. The van der Waals surface area contributed by atoms with Gasteiger partial charge < -0.3 is 10.1 Å². The Morgan fingerprint density at radius 2 is 1.93 bits per heavy atom. The third kappa shape index (κ3) is 3.88. The van der Waals surface area contributed by atoms with E-state index in [4.69, 9.17) is 4.74 Å². The molecule has 1 aromatic carbocycles. The molecule has 1 unspecified atom stereocenters. The molecular weight excluding hydrogens is 384 g/mol. The Morgan fingerprint density at radius 1 is 1.17 bits per heavy atom. The lowest BCUT2D eigenvalue weighted by molar-refractivity contribution is -0.384. The lowest BCUT2D eigenvalue weighted by atomic mass is 9.75. The molecule has 0 saturated heterocycles. The zero-order valence-corrected chi connectivity index (χ0v) is 17.1.